The molecule has 1 aromatic heterocycles. The first kappa shape index (κ1) is 23.8. The number of esters is 2. The zero-order valence-electron chi connectivity index (χ0n) is 19.6. The molecule has 34 heavy (non-hydrogen) atoms. The smallest absolute Gasteiger partial charge is 0.338 e. The normalized spacial score (nSPS) is 17.9. The maximum atomic E-state index is 13.0. The van der Waals surface area contributed by atoms with Gasteiger partial charge in [-0.05, 0) is 50.1 Å². The Hall–Kier alpha value is -3.32. The summed E-state index contributed by atoms with van der Waals surface area (Å²) in [6, 6.07) is 13.2. The number of fused-ring (bicyclic) bond motifs is 3. The fraction of sp³-hybridized carbons (Fsp3) is 0.346. The summed E-state index contributed by atoms with van der Waals surface area (Å²) in [5.74, 6) is -1.61. The van der Waals surface area contributed by atoms with Crippen LogP contribution in [0.25, 0.3) is 10.9 Å². The molecule has 8 heteroatoms. The molecule has 2 atom stereocenters. The van der Waals surface area contributed by atoms with Crippen molar-refractivity contribution in [3.05, 3.63) is 70.9 Å². The zero-order chi connectivity index (χ0) is 24.6. The summed E-state index contributed by atoms with van der Waals surface area (Å²) < 4.78 is 10.5. The molecule has 2 heterocycles. The Balaban J connectivity index is 1.84. The molecule has 3 aromatic rings. The number of H-pyrrole nitrogens is 1. The number of carbonyl (C=O) groups excluding carboxylic acids is 3. The number of nitrogens with one attached hydrogen (secondary N) is 1. The summed E-state index contributed by atoms with van der Waals surface area (Å²) in [4.78, 5) is 43.2. The first-order chi connectivity index (χ1) is 16.1. The van der Waals surface area contributed by atoms with Gasteiger partial charge in [-0.1, -0.05) is 30.3 Å². The van der Waals surface area contributed by atoms with Crippen LogP contribution in [0.4, 0.5) is 0 Å². The quantitative estimate of drug-likeness (QED) is 0.440. The van der Waals surface area contributed by atoms with Crippen molar-refractivity contribution in [2.24, 2.45) is 0 Å². The lowest BCUT2D eigenvalue weighted by molar-refractivity contribution is -0.154. The summed E-state index contributed by atoms with van der Waals surface area (Å²) in [6.07, 6.45) is 0.307. The predicted octanol–water partition coefficient (Wildman–Crippen LogP) is 4.38. The first-order valence-corrected chi connectivity index (χ1v) is 11.6. The van der Waals surface area contributed by atoms with Crippen molar-refractivity contribution in [1.29, 1.82) is 0 Å². The number of carbonyl (C=O) groups is 3. The number of nitrogens with zero attached hydrogens (tertiary/aromatic N) is 1. The van der Waals surface area contributed by atoms with E-state index in [4.69, 9.17) is 21.1 Å². The number of ether oxygens (including phenoxy) is 2. The Labute approximate surface area is 203 Å². The van der Waals surface area contributed by atoms with Crippen molar-refractivity contribution < 1.29 is 23.9 Å². The van der Waals surface area contributed by atoms with E-state index < -0.39 is 29.6 Å². The number of rotatable bonds is 4. The number of benzene rings is 2. The Bertz CT molecular complexity index is 1240. The molecule has 7 nitrogen and oxygen atoms in total. The van der Waals surface area contributed by atoms with Gasteiger partial charge in [0.25, 0.3) is 0 Å². The van der Waals surface area contributed by atoms with Crippen molar-refractivity contribution in [2.75, 3.05) is 13.0 Å². The number of halogens is 1. The monoisotopic (exact) mass is 482 g/mol. The molecular weight excluding hydrogens is 456 g/mol. The maximum absolute atomic E-state index is 13.0. The number of aromatic nitrogens is 1. The molecule has 0 unspecified atom stereocenters. The van der Waals surface area contributed by atoms with Gasteiger partial charge in [0, 0.05) is 23.0 Å². The summed E-state index contributed by atoms with van der Waals surface area (Å²) >= 11 is 5.97. The minimum absolute atomic E-state index is 0.282. The van der Waals surface area contributed by atoms with Crippen LogP contribution in [-0.2, 0) is 25.5 Å². The summed E-state index contributed by atoms with van der Waals surface area (Å²) in [5, 5.41) is 0.986. The Morgan fingerprint density at radius 2 is 1.76 bits per heavy atom. The molecule has 4 rings (SSSR count). The molecular formula is C26H27ClN2O5. The van der Waals surface area contributed by atoms with E-state index in [0.29, 0.717) is 12.0 Å². The van der Waals surface area contributed by atoms with Gasteiger partial charge in [0.2, 0.25) is 5.91 Å². The second-order valence-electron chi connectivity index (χ2n) is 9.27. The number of alkyl halides is 1. The average molecular weight is 483 g/mol. The number of amides is 1. The van der Waals surface area contributed by atoms with Gasteiger partial charge in [-0.15, -0.1) is 11.6 Å². The number of methoxy groups -OCH3 is 1. The van der Waals surface area contributed by atoms with Gasteiger partial charge in [-0.2, -0.15) is 0 Å². The topological polar surface area (TPSA) is 88.7 Å². The third-order valence-electron chi connectivity index (χ3n) is 5.87. The third-order valence-corrected chi connectivity index (χ3v) is 6.10. The van der Waals surface area contributed by atoms with Crippen LogP contribution in [0.3, 0.4) is 0 Å². The Morgan fingerprint density at radius 1 is 1.09 bits per heavy atom. The third kappa shape index (κ3) is 4.40. The summed E-state index contributed by atoms with van der Waals surface area (Å²) in [6.45, 7) is 5.42. The molecule has 0 fully saturated rings. The van der Waals surface area contributed by atoms with Crippen molar-refractivity contribution in [3.8, 4) is 0 Å². The Morgan fingerprint density at radius 3 is 2.38 bits per heavy atom. The molecule has 1 N–H and O–H groups in total. The predicted molar refractivity (Wildman–Crippen MR) is 129 cm³/mol. The van der Waals surface area contributed by atoms with Crippen LogP contribution in [-0.4, -0.2) is 52.4 Å². The Kier molecular flexibility index (Phi) is 6.41. The van der Waals surface area contributed by atoms with Crippen LogP contribution in [0.15, 0.2) is 48.5 Å². The lowest BCUT2D eigenvalue weighted by atomic mass is 9.87. The van der Waals surface area contributed by atoms with Gasteiger partial charge in [0.15, 0.2) is 0 Å². The van der Waals surface area contributed by atoms with E-state index in [2.05, 4.69) is 4.98 Å². The van der Waals surface area contributed by atoms with Gasteiger partial charge < -0.3 is 19.4 Å². The highest BCUT2D eigenvalue weighted by molar-refractivity contribution is 6.27. The standard InChI is InChI=1S/C26H27ClN2O5/c1-26(2,3)34-24(31)16-11-9-15(10-12-16)23-22-18(17-7-5-6-8-19(17)28-22)13-20(25(32)33-4)29(23)21(30)14-27/h5-12,20,23,28H,13-14H2,1-4H3/t20-,23+/m1/s1. The van der Waals surface area contributed by atoms with Crippen LogP contribution in [0.2, 0.25) is 0 Å². The molecule has 178 valence electrons. The van der Waals surface area contributed by atoms with Crippen LogP contribution in [0.5, 0.6) is 0 Å². The molecule has 0 bridgehead atoms. The SMILES string of the molecule is COC(=O)[C@H]1Cc2c([nH]c3ccccc23)[C@H](c2ccc(C(=O)OC(C)(C)C)cc2)N1C(=O)CCl. The van der Waals surface area contributed by atoms with Gasteiger partial charge in [-0.25, -0.2) is 9.59 Å². The second kappa shape index (κ2) is 9.14. The van der Waals surface area contributed by atoms with Crippen LogP contribution in [0, 0.1) is 0 Å². The number of hydrogen-bond acceptors (Lipinski definition) is 5. The van der Waals surface area contributed by atoms with Crippen molar-refractivity contribution >= 4 is 40.3 Å². The van der Waals surface area contributed by atoms with E-state index in [0.717, 1.165) is 27.7 Å². The number of hydrogen-bond donors (Lipinski definition) is 1. The summed E-state index contributed by atoms with van der Waals surface area (Å²) in [7, 11) is 1.31. The van der Waals surface area contributed by atoms with Gasteiger partial charge >= 0.3 is 11.9 Å². The highest BCUT2D eigenvalue weighted by atomic mass is 35.5. The molecule has 0 spiro atoms. The highest BCUT2D eigenvalue weighted by Crippen LogP contribution is 2.41. The van der Waals surface area contributed by atoms with Crippen molar-refractivity contribution in [2.45, 2.75) is 44.9 Å². The van der Waals surface area contributed by atoms with E-state index in [1.54, 1.807) is 45.0 Å². The van der Waals surface area contributed by atoms with Crippen LogP contribution >= 0.6 is 11.6 Å². The van der Waals surface area contributed by atoms with Crippen LogP contribution < -0.4 is 0 Å². The minimum Gasteiger partial charge on any atom is -0.467 e. The zero-order valence-corrected chi connectivity index (χ0v) is 20.3. The fourth-order valence-electron chi connectivity index (χ4n) is 4.47. The van der Waals surface area contributed by atoms with E-state index in [-0.39, 0.29) is 11.8 Å². The molecule has 0 aliphatic carbocycles. The largest absolute Gasteiger partial charge is 0.467 e. The molecule has 1 amide bonds. The minimum atomic E-state index is -0.835. The van der Waals surface area contributed by atoms with E-state index >= 15 is 0 Å². The summed E-state index contributed by atoms with van der Waals surface area (Å²) in [5.41, 5.74) is 3.18. The molecule has 2 aromatic carbocycles. The van der Waals surface area contributed by atoms with Gasteiger partial charge in [0.05, 0.1) is 18.7 Å². The van der Waals surface area contributed by atoms with Crippen LogP contribution in [0.1, 0.15) is 54.0 Å². The molecule has 0 saturated heterocycles. The molecule has 0 radical (unpaired) electrons. The fourth-order valence-corrected chi connectivity index (χ4v) is 4.61. The lowest BCUT2D eigenvalue weighted by Crippen LogP contribution is -2.52. The van der Waals surface area contributed by atoms with Gasteiger partial charge in [0.1, 0.15) is 17.5 Å². The van der Waals surface area contributed by atoms with E-state index in [1.807, 2.05) is 24.3 Å². The first-order valence-electron chi connectivity index (χ1n) is 11.0. The highest BCUT2D eigenvalue weighted by Gasteiger charge is 2.43. The number of para-hydroxylation sites is 1. The lowest BCUT2D eigenvalue weighted by Gasteiger charge is -2.40. The van der Waals surface area contributed by atoms with E-state index in [1.165, 1.54) is 12.0 Å². The average Bonchev–Trinajstić information content (AvgIpc) is 3.19. The maximum Gasteiger partial charge on any atom is 0.338 e. The van der Waals surface area contributed by atoms with Gasteiger partial charge in [-0.3, -0.25) is 4.79 Å². The molecule has 0 saturated carbocycles. The van der Waals surface area contributed by atoms with E-state index in [9.17, 15) is 14.4 Å². The molecule has 1 aliphatic heterocycles. The second-order valence-corrected chi connectivity index (χ2v) is 9.53. The van der Waals surface area contributed by atoms with Crippen molar-refractivity contribution in [1.82, 2.24) is 9.88 Å². The molecule has 1 aliphatic rings. The van der Waals surface area contributed by atoms with Crippen molar-refractivity contribution in [3.63, 3.8) is 0 Å². The number of aromatic amines is 1.